The molecule has 2 amide bonds. The second kappa shape index (κ2) is 7.87. The third-order valence-corrected chi connectivity index (χ3v) is 8.01. The summed E-state index contributed by atoms with van der Waals surface area (Å²) in [6.07, 6.45) is 4.70. The lowest BCUT2D eigenvalue weighted by Gasteiger charge is -2.41. The number of aryl methyl sites for hydroxylation is 1. The third-order valence-electron chi connectivity index (χ3n) is 6.83. The first-order chi connectivity index (χ1) is 15.6. The molecule has 174 valence electrons. The minimum Gasteiger partial charge on any atom is -0.308 e. The molecule has 3 aliphatic rings. The Morgan fingerprint density at radius 1 is 0.970 bits per heavy atom. The van der Waals surface area contributed by atoms with Crippen LogP contribution in [0.3, 0.4) is 0 Å². The smallest absolute Gasteiger partial charge is 0.232 e. The SMILES string of the molecule is CC(=O)N1c2ccc(-c3ccc4c(c3)CCCN4S(C)(=O)=O)cc2N(C(=O)C2CC2)CC1C. The predicted molar refractivity (Wildman–Crippen MR) is 130 cm³/mol. The van der Waals surface area contributed by atoms with Gasteiger partial charge in [-0.05, 0) is 73.6 Å². The Hall–Kier alpha value is -2.87. The summed E-state index contributed by atoms with van der Waals surface area (Å²) in [6, 6.07) is 11.7. The third kappa shape index (κ3) is 3.90. The van der Waals surface area contributed by atoms with Crippen molar-refractivity contribution in [1.29, 1.82) is 0 Å². The highest BCUT2D eigenvalue weighted by molar-refractivity contribution is 7.92. The Bertz CT molecular complexity index is 1250. The fourth-order valence-corrected chi connectivity index (χ4v) is 6.13. The monoisotopic (exact) mass is 467 g/mol. The van der Waals surface area contributed by atoms with Crippen LogP contribution in [-0.4, -0.2) is 45.6 Å². The van der Waals surface area contributed by atoms with E-state index >= 15 is 0 Å². The molecule has 0 aromatic heterocycles. The van der Waals surface area contributed by atoms with Gasteiger partial charge in [0, 0.05) is 25.9 Å². The lowest BCUT2D eigenvalue weighted by molar-refractivity contribution is -0.120. The van der Waals surface area contributed by atoms with Gasteiger partial charge in [-0.3, -0.25) is 13.9 Å². The molecule has 0 N–H and O–H groups in total. The van der Waals surface area contributed by atoms with E-state index in [4.69, 9.17) is 0 Å². The zero-order valence-electron chi connectivity index (χ0n) is 19.2. The van der Waals surface area contributed by atoms with Crippen molar-refractivity contribution in [3.63, 3.8) is 0 Å². The number of anilines is 3. The largest absolute Gasteiger partial charge is 0.308 e. The fourth-order valence-electron chi connectivity index (χ4n) is 5.13. The number of sulfonamides is 1. The lowest BCUT2D eigenvalue weighted by atomic mass is 9.95. The first kappa shape index (κ1) is 21.9. The van der Waals surface area contributed by atoms with Gasteiger partial charge in [0.05, 0.1) is 29.4 Å². The van der Waals surface area contributed by atoms with E-state index in [1.54, 1.807) is 11.8 Å². The number of rotatable bonds is 3. The van der Waals surface area contributed by atoms with Crippen molar-refractivity contribution in [2.75, 3.05) is 33.5 Å². The Kier molecular flexibility index (Phi) is 5.23. The fraction of sp³-hybridized carbons (Fsp3) is 0.440. The van der Waals surface area contributed by atoms with Crippen LogP contribution >= 0.6 is 0 Å². The average Bonchev–Trinajstić information content (AvgIpc) is 3.61. The number of hydrogen-bond donors (Lipinski definition) is 0. The highest BCUT2D eigenvalue weighted by atomic mass is 32.2. The normalized spacial score (nSPS) is 20.3. The van der Waals surface area contributed by atoms with Gasteiger partial charge in [0.2, 0.25) is 21.8 Å². The first-order valence-electron chi connectivity index (χ1n) is 11.5. The van der Waals surface area contributed by atoms with E-state index in [9.17, 15) is 18.0 Å². The van der Waals surface area contributed by atoms with Gasteiger partial charge in [-0.25, -0.2) is 8.42 Å². The Labute approximate surface area is 195 Å². The maximum atomic E-state index is 13.1. The molecule has 1 aliphatic carbocycles. The van der Waals surface area contributed by atoms with Crippen LogP contribution in [0.1, 0.15) is 38.7 Å². The summed E-state index contributed by atoms with van der Waals surface area (Å²) in [7, 11) is -3.32. The minimum atomic E-state index is -3.32. The number of hydrogen-bond acceptors (Lipinski definition) is 4. The van der Waals surface area contributed by atoms with Gasteiger partial charge in [0.25, 0.3) is 0 Å². The van der Waals surface area contributed by atoms with Crippen LogP contribution in [0.5, 0.6) is 0 Å². The molecular weight excluding hydrogens is 438 g/mol. The van der Waals surface area contributed by atoms with E-state index in [2.05, 4.69) is 6.07 Å². The molecule has 2 aromatic carbocycles. The molecule has 1 unspecified atom stereocenters. The van der Waals surface area contributed by atoms with Crippen LogP contribution < -0.4 is 14.1 Å². The molecular formula is C25H29N3O4S. The molecule has 1 atom stereocenters. The predicted octanol–water partition coefficient (Wildman–Crippen LogP) is 3.56. The van der Waals surface area contributed by atoms with Crippen molar-refractivity contribution < 1.29 is 18.0 Å². The van der Waals surface area contributed by atoms with Crippen LogP contribution in [0.25, 0.3) is 11.1 Å². The Morgan fingerprint density at radius 2 is 1.64 bits per heavy atom. The molecule has 2 aromatic rings. The zero-order valence-corrected chi connectivity index (χ0v) is 20.1. The number of carbonyl (C=O) groups excluding carboxylic acids is 2. The molecule has 2 aliphatic heterocycles. The maximum Gasteiger partial charge on any atom is 0.232 e. The van der Waals surface area contributed by atoms with Crippen LogP contribution in [-0.2, 0) is 26.0 Å². The summed E-state index contributed by atoms with van der Waals surface area (Å²) in [5.74, 6) is 0.186. The van der Waals surface area contributed by atoms with Gasteiger partial charge in [0.15, 0.2) is 0 Å². The molecule has 7 nitrogen and oxygen atoms in total. The van der Waals surface area contributed by atoms with E-state index < -0.39 is 10.0 Å². The molecule has 1 fully saturated rings. The zero-order chi connectivity index (χ0) is 23.5. The molecule has 33 heavy (non-hydrogen) atoms. The van der Waals surface area contributed by atoms with E-state index in [1.165, 1.54) is 10.6 Å². The molecule has 2 heterocycles. The highest BCUT2D eigenvalue weighted by Gasteiger charge is 2.39. The van der Waals surface area contributed by atoms with Gasteiger partial charge in [-0.2, -0.15) is 0 Å². The quantitative estimate of drug-likeness (QED) is 0.692. The maximum absolute atomic E-state index is 13.1. The summed E-state index contributed by atoms with van der Waals surface area (Å²) in [5, 5.41) is 0. The first-order valence-corrected chi connectivity index (χ1v) is 13.4. The summed E-state index contributed by atoms with van der Waals surface area (Å²) in [4.78, 5) is 29.1. The average molecular weight is 468 g/mol. The van der Waals surface area contributed by atoms with Gasteiger partial charge in [-0.15, -0.1) is 0 Å². The summed E-state index contributed by atoms with van der Waals surface area (Å²) in [5.41, 5.74) is 5.20. The molecule has 5 rings (SSSR count). The molecule has 0 bridgehead atoms. The minimum absolute atomic E-state index is 0.0373. The van der Waals surface area contributed by atoms with Crippen LogP contribution in [0, 0.1) is 5.92 Å². The van der Waals surface area contributed by atoms with E-state index in [1.807, 2.05) is 42.2 Å². The molecule has 0 saturated heterocycles. The topological polar surface area (TPSA) is 78.0 Å². The van der Waals surface area contributed by atoms with E-state index in [-0.39, 0.29) is 23.8 Å². The van der Waals surface area contributed by atoms with Crippen molar-refractivity contribution in [2.24, 2.45) is 5.92 Å². The second-order valence-electron chi connectivity index (χ2n) is 9.45. The van der Waals surface area contributed by atoms with Crippen LogP contribution in [0.4, 0.5) is 17.1 Å². The molecule has 0 radical (unpaired) electrons. The number of benzene rings is 2. The highest BCUT2D eigenvalue weighted by Crippen LogP contribution is 2.42. The second-order valence-corrected chi connectivity index (χ2v) is 11.4. The molecule has 0 spiro atoms. The van der Waals surface area contributed by atoms with Crippen molar-refractivity contribution in [1.82, 2.24) is 0 Å². The molecule has 8 heteroatoms. The van der Waals surface area contributed by atoms with Crippen molar-refractivity contribution >= 4 is 38.9 Å². The molecule has 1 saturated carbocycles. The van der Waals surface area contributed by atoms with Crippen LogP contribution in [0.2, 0.25) is 0 Å². The van der Waals surface area contributed by atoms with E-state index in [0.717, 1.165) is 59.4 Å². The van der Waals surface area contributed by atoms with Crippen LogP contribution in [0.15, 0.2) is 36.4 Å². The van der Waals surface area contributed by atoms with Crippen molar-refractivity contribution in [3.8, 4) is 11.1 Å². The van der Waals surface area contributed by atoms with Gasteiger partial charge in [0.1, 0.15) is 0 Å². The number of amides is 2. The number of nitrogens with zero attached hydrogens (tertiary/aromatic N) is 3. The van der Waals surface area contributed by atoms with Gasteiger partial charge in [-0.1, -0.05) is 12.1 Å². The van der Waals surface area contributed by atoms with Crippen molar-refractivity contribution in [2.45, 2.75) is 45.6 Å². The number of carbonyl (C=O) groups is 2. The van der Waals surface area contributed by atoms with Gasteiger partial charge >= 0.3 is 0 Å². The van der Waals surface area contributed by atoms with Crippen molar-refractivity contribution in [3.05, 3.63) is 42.0 Å². The van der Waals surface area contributed by atoms with Gasteiger partial charge < -0.3 is 9.80 Å². The lowest BCUT2D eigenvalue weighted by Crippen LogP contribution is -2.51. The summed E-state index contributed by atoms with van der Waals surface area (Å²) >= 11 is 0. The Morgan fingerprint density at radius 3 is 2.27 bits per heavy atom. The summed E-state index contributed by atoms with van der Waals surface area (Å²) < 4.78 is 25.9. The summed E-state index contributed by atoms with van der Waals surface area (Å²) in [6.45, 7) is 4.52. The van der Waals surface area contributed by atoms with E-state index in [0.29, 0.717) is 13.1 Å². The standard InChI is InChI=1S/C25H29N3O4S/c1-16-15-26(25(30)18-6-7-18)24-14-20(9-11-23(24)28(16)17(2)29)19-8-10-22-21(13-19)5-4-12-27(22)33(3,31)32/h8-11,13-14,16,18H,4-7,12,15H2,1-3H3. The Balaban J connectivity index is 1.58. The number of fused-ring (bicyclic) bond motifs is 2.